The third-order valence-electron chi connectivity index (χ3n) is 2.97. The van der Waals surface area contributed by atoms with Crippen LogP contribution in [0.1, 0.15) is 21.1 Å². The lowest BCUT2D eigenvalue weighted by Gasteiger charge is -2.06. The van der Waals surface area contributed by atoms with Gasteiger partial charge in [0.1, 0.15) is 4.88 Å². The first-order valence-electron chi connectivity index (χ1n) is 6.36. The molecule has 1 amide bonds. The van der Waals surface area contributed by atoms with E-state index in [9.17, 15) is 4.79 Å². The van der Waals surface area contributed by atoms with Crippen molar-refractivity contribution >= 4 is 23.1 Å². The van der Waals surface area contributed by atoms with Gasteiger partial charge in [0.15, 0.2) is 0 Å². The molecule has 3 aromatic rings. The zero-order chi connectivity index (χ0) is 14.8. The lowest BCUT2D eigenvalue weighted by molar-refractivity contribution is 0.103. The summed E-state index contributed by atoms with van der Waals surface area (Å²) in [6.45, 7) is 3.71. The van der Waals surface area contributed by atoms with E-state index in [1.807, 2.05) is 43.5 Å². The first-order valence-corrected chi connectivity index (χ1v) is 7.14. The van der Waals surface area contributed by atoms with Crippen LogP contribution in [-0.4, -0.2) is 25.3 Å². The summed E-state index contributed by atoms with van der Waals surface area (Å²) in [5.74, 6) is -0.190. The van der Waals surface area contributed by atoms with Crippen molar-refractivity contribution in [3.63, 3.8) is 0 Å². The number of carbonyl (C=O) groups excluding carboxylic acids is 1. The van der Waals surface area contributed by atoms with Crippen molar-refractivity contribution in [1.29, 1.82) is 0 Å². The van der Waals surface area contributed by atoms with Crippen LogP contribution in [0.25, 0.3) is 5.69 Å². The summed E-state index contributed by atoms with van der Waals surface area (Å²) in [5, 5.41) is 11.0. The van der Waals surface area contributed by atoms with Gasteiger partial charge in [-0.05, 0) is 55.7 Å². The average molecular weight is 299 g/mol. The molecule has 0 spiro atoms. The van der Waals surface area contributed by atoms with Crippen LogP contribution in [0.2, 0.25) is 0 Å². The fraction of sp³-hybridized carbons (Fsp3) is 0.143. The number of rotatable bonds is 3. The van der Waals surface area contributed by atoms with Crippen LogP contribution in [0, 0.1) is 13.8 Å². The molecule has 0 fully saturated rings. The van der Waals surface area contributed by atoms with Gasteiger partial charge in [-0.3, -0.25) is 4.79 Å². The van der Waals surface area contributed by atoms with Crippen molar-refractivity contribution in [1.82, 2.24) is 19.4 Å². The maximum absolute atomic E-state index is 12.1. The molecule has 6 nitrogen and oxygen atoms in total. The third-order valence-corrected chi connectivity index (χ3v) is 3.80. The number of hydrogen-bond donors (Lipinski definition) is 1. The van der Waals surface area contributed by atoms with Crippen LogP contribution in [0.15, 0.2) is 36.5 Å². The Kier molecular flexibility index (Phi) is 3.49. The molecule has 1 N–H and O–H groups in total. The molecule has 2 aromatic heterocycles. The topological polar surface area (TPSA) is 72.7 Å². The van der Waals surface area contributed by atoms with Gasteiger partial charge in [0, 0.05) is 11.9 Å². The summed E-state index contributed by atoms with van der Waals surface area (Å²) in [7, 11) is 0. The van der Waals surface area contributed by atoms with Gasteiger partial charge in [-0.15, -0.1) is 5.10 Å². The van der Waals surface area contributed by atoms with E-state index in [1.54, 1.807) is 11.6 Å². The van der Waals surface area contributed by atoms with Crippen molar-refractivity contribution in [3.05, 3.63) is 52.8 Å². The van der Waals surface area contributed by atoms with Crippen molar-refractivity contribution in [2.45, 2.75) is 13.8 Å². The number of nitrogens with one attached hydrogen (secondary N) is 1. The number of hydrogen-bond acceptors (Lipinski definition) is 5. The Morgan fingerprint density at radius 3 is 2.52 bits per heavy atom. The van der Waals surface area contributed by atoms with Crippen molar-refractivity contribution in [2.24, 2.45) is 0 Å². The van der Waals surface area contributed by atoms with Gasteiger partial charge in [0.05, 0.1) is 17.1 Å². The number of aromatic nitrogens is 4. The van der Waals surface area contributed by atoms with Gasteiger partial charge >= 0.3 is 0 Å². The maximum atomic E-state index is 12.1. The molecule has 0 aliphatic rings. The fourth-order valence-corrected chi connectivity index (χ4v) is 2.44. The molecule has 0 aliphatic carbocycles. The SMILES string of the molecule is Cc1ccn(-c2ccc(NC(=O)c3snnc3C)cc2)n1. The second kappa shape index (κ2) is 5.45. The zero-order valence-corrected chi connectivity index (χ0v) is 12.4. The molecule has 21 heavy (non-hydrogen) atoms. The molecule has 2 heterocycles. The Hall–Kier alpha value is -2.54. The van der Waals surface area contributed by atoms with Crippen molar-refractivity contribution < 1.29 is 4.79 Å². The van der Waals surface area contributed by atoms with Gasteiger partial charge in [-0.2, -0.15) is 5.10 Å². The summed E-state index contributed by atoms with van der Waals surface area (Å²) < 4.78 is 5.55. The van der Waals surface area contributed by atoms with Gasteiger partial charge in [0.2, 0.25) is 0 Å². The quantitative estimate of drug-likeness (QED) is 0.807. The molecule has 1 aromatic carbocycles. The van der Waals surface area contributed by atoms with E-state index in [1.165, 1.54) is 0 Å². The number of carbonyl (C=O) groups is 1. The van der Waals surface area contributed by atoms with E-state index in [0.29, 0.717) is 10.6 Å². The smallest absolute Gasteiger partial charge is 0.269 e. The summed E-state index contributed by atoms with van der Waals surface area (Å²) >= 11 is 1.09. The first-order chi connectivity index (χ1) is 10.1. The molecule has 0 radical (unpaired) electrons. The number of nitrogens with zero attached hydrogens (tertiary/aromatic N) is 4. The normalized spacial score (nSPS) is 10.6. The van der Waals surface area contributed by atoms with Crippen LogP contribution in [0.3, 0.4) is 0 Å². The molecular weight excluding hydrogens is 286 g/mol. The fourth-order valence-electron chi connectivity index (χ4n) is 1.88. The number of benzene rings is 1. The summed E-state index contributed by atoms with van der Waals surface area (Å²) in [6, 6.07) is 9.43. The Morgan fingerprint density at radius 2 is 1.95 bits per heavy atom. The molecule has 0 unspecified atom stereocenters. The van der Waals surface area contributed by atoms with E-state index in [0.717, 1.165) is 28.6 Å². The van der Waals surface area contributed by atoms with Crippen molar-refractivity contribution in [3.8, 4) is 5.69 Å². The highest BCUT2D eigenvalue weighted by atomic mass is 32.1. The Balaban J connectivity index is 1.76. The largest absolute Gasteiger partial charge is 0.321 e. The predicted molar refractivity (Wildman–Crippen MR) is 80.9 cm³/mol. The van der Waals surface area contributed by atoms with Gasteiger partial charge in [0.25, 0.3) is 5.91 Å². The van der Waals surface area contributed by atoms with Gasteiger partial charge in [-0.25, -0.2) is 4.68 Å². The molecule has 0 saturated carbocycles. The van der Waals surface area contributed by atoms with E-state index < -0.39 is 0 Å². The van der Waals surface area contributed by atoms with Crippen LogP contribution in [-0.2, 0) is 0 Å². The van der Waals surface area contributed by atoms with Crippen LogP contribution in [0.5, 0.6) is 0 Å². The minimum atomic E-state index is -0.190. The second-order valence-corrected chi connectivity index (χ2v) is 5.34. The molecule has 7 heteroatoms. The zero-order valence-electron chi connectivity index (χ0n) is 11.6. The number of anilines is 1. The highest BCUT2D eigenvalue weighted by Crippen LogP contribution is 2.16. The van der Waals surface area contributed by atoms with E-state index in [2.05, 4.69) is 20.0 Å². The highest BCUT2D eigenvalue weighted by Gasteiger charge is 2.13. The highest BCUT2D eigenvalue weighted by molar-refractivity contribution is 7.08. The lowest BCUT2D eigenvalue weighted by atomic mass is 10.2. The molecule has 106 valence electrons. The molecule has 0 saturated heterocycles. The molecule has 0 atom stereocenters. The Labute approximate surface area is 125 Å². The Bertz CT molecular complexity index is 775. The lowest BCUT2D eigenvalue weighted by Crippen LogP contribution is -2.11. The van der Waals surface area contributed by atoms with E-state index in [-0.39, 0.29) is 5.91 Å². The maximum Gasteiger partial charge on any atom is 0.269 e. The molecule has 3 rings (SSSR count). The standard InChI is InChI=1S/C14H13N5OS/c1-9-7-8-19(17-9)12-5-3-11(4-6-12)15-14(20)13-10(2)16-18-21-13/h3-8H,1-2H3,(H,15,20). The van der Waals surface area contributed by atoms with Crippen LogP contribution in [0.4, 0.5) is 5.69 Å². The number of amides is 1. The van der Waals surface area contributed by atoms with E-state index >= 15 is 0 Å². The third kappa shape index (κ3) is 2.82. The van der Waals surface area contributed by atoms with Crippen molar-refractivity contribution in [2.75, 3.05) is 5.32 Å². The molecular formula is C14H13N5OS. The van der Waals surface area contributed by atoms with E-state index in [4.69, 9.17) is 0 Å². The van der Waals surface area contributed by atoms with Gasteiger partial charge in [-0.1, -0.05) is 4.49 Å². The number of aryl methyl sites for hydroxylation is 2. The first kappa shape index (κ1) is 13.4. The Morgan fingerprint density at radius 1 is 1.19 bits per heavy atom. The average Bonchev–Trinajstić information content (AvgIpc) is 3.08. The van der Waals surface area contributed by atoms with Gasteiger partial charge < -0.3 is 5.32 Å². The second-order valence-electron chi connectivity index (χ2n) is 4.59. The minimum Gasteiger partial charge on any atom is -0.321 e. The predicted octanol–water partition coefficient (Wildman–Crippen LogP) is 2.59. The van der Waals surface area contributed by atoms with Crippen LogP contribution < -0.4 is 5.32 Å². The summed E-state index contributed by atoms with van der Waals surface area (Å²) in [4.78, 5) is 12.6. The molecule has 0 aliphatic heterocycles. The summed E-state index contributed by atoms with van der Waals surface area (Å²) in [6.07, 6.45) is 1.90. The summed E-state index contributed by atoms with van der Waals surface area (Å²) in [5.41, 5.74) is 3.26. The monoisotopic (exact) mass is 299 g/mol. The van der Waals surface area contributed by atoms with Crippen LogP contribution >= 0.6 is 11.5 Å². The molecule has 0 bridgehead atoms. The minimum absolute atomic E-state index is 0.190.